The molecule has 0 saturated carbocycles. The van der Waals surface area contributed by atoms with Crippen LogP contribution in [-0.4, -0.2) is 0 Å². The molecule has 0 spiro atoms. The summed E-state index contributed by atoms with van der Waals surface area (Å²) in [5.74, 6) is -1.22. The zero-order valence-electron chi connectivity index (χ0n) is 10.7. The molecule has 0 heterocycles. The van der Waals surface area contributed by atoms with Crippen LogP contribution in [0.4, 0.5) is 8.78 Å². The summed E-state index contributed by atoms with van der Waals surface area (Å²) in [6.45, 7) is 3.45. The second-order valence-corrected chi connectivity index (χ2v) is 5.04. The van der Waals surface area contributed by atoms with Crippen molar-refractivity contribution in [2.45, 2.75) is 19.9 Å². The van der Waals surface area contributed by atoms with Gasteiger partial charge in [0.25, 0.3) is 0 Å². The van der Waals surface area contributed by atoms with Crippen LogP contribution in [0.3, 0.4) is 0 Å². The highest BCUT2D eigenvalue weighted by Crippen LogP contribution is 2.28. The Kier molecular flexibility index (Phi) is 3.88. The van der Waals surface area contributed by atoms with Gasteiger partial charge >= 0.3 is 0 Å². The quantitative estimate of drug-likeness (QED) is 0.873. The topological polar surface area (TPSA) is 26.0 Å². The van der Waals surface area contributed by atoms with Gasteiger partial charge in [-0.15, -0.1) is 0 Å². The van der Waals surface area contributed by atoms with Gasteiger partial charge in [0.05, 0.1) is 6.04 Å². The van der Waals surface area contributed by atoms with E-state index in [1.807, 2.05) is 13.0 Å². The van der Waals surface area contributed by atoms with E-state index < -0.39 is 17.7 Å². The molecule has 2 aromatic carbocycles. The van der Waals surface area contributed by atoms with E-state index in [2.05, 4.69) is 0 Å². The molecule has 0 aromatic heterocycles. The molecule has 4 heteroatoms. The summed E-state index contributed by atoms with van der Waals surface area (Å²) in [6, 6.07) is 6.92. The van der Waals surface area contributed by atoms with Crippen molar-refractivity contribution in [3.05, 3.63) is 69.2 Å². The van der Waals surface area contributed by atoms with Crippen LogP contribution < -0.4 is 5.73 Å². The molecule has 0 amide bonds. The fourth-order valence-electron chi connectivity index (χ4n) is 2.03. The Labute approximate surface area is 116 Å². The van der Waals surface area contributed by atoms with Crippen molar-refractivity contribution >= 4 is 11.6 Å². The molecular formula is C15H14ClF2N. The third kappa shape index (κ3) is 2.77. The van der Waals surface area contributed by atoms with E-state index >= 15 is 0 Å². The van der Waals surface area contributed by atoms with Crippen LogP contribution in [0, 0.1) is 25.5 Å². The van der Waals surface area contributed by atoms with Gasteiger partial charge in [0.15, 0.2) is 0 Å². The predicted molar refractivity (Wildman–Crippen MR) is 73.3 cm³/mol. The average molecular weight is 282 g/mol. The van der Waals surface area contributed by atoms with E-state index in [9.17, 15) is 8.78 Å². The standard InChI is InChI=1S/C15H14ClF2N/c1-8-3-4-10(16)6-11(8)15(19)12-5-9(2)13(17)7-14(12)18/h3-7,15H,19H2,1-2H3. The molecule has 0 radical (unpaired) electrons. The van der Waals surface area contributed by atoms with Crippen molar-refractivity contribution in [2.24, 2.45) is 5.73 Å². The van der Waals surface area contributed by atoms with Gasteiger partial charge in [-0.3, -0.25) is 0 Å². The molecule has 0 aliphatic heterocycles. The van der Waals surface area contributed by atoms with Crippen LogP contribution in [0.1, 0.15) is 28.3 Å². The Morgan fingerprint density at radius 1 is 0.947 bits per heavy atom. The summed E-state index contributed by atoms with van der Waals surface area (Å²) < 4.78 is 27.1. The summed E-state index contributed by atoms with van der Waals surface area (Å²) in [5, 5.41) is 0.537. The van der Waals surface area contributed by atoms with Crippen LogP contribution in [0.25, 0.3) is 0 Å². The normalized spacial score (nSPS) is 12.5. The lowest BCUT2D eigenvalue weighted by Gasteiger charge is -2.17. The van der Waals surface area contributed by atoms with Gasteiger partial charge in [-0.05, 0) is 48.7 Å². The first-order valence-corrected chi connectivity index (χ1v) is 6.25. The van der Waals surface area contributed by atoms with Crippen molar-refractivity contribution in [1.29, 1.82) is 0 Å². The minimum Gasteiger partial charge on any atom is -0.320 e. The Bertz CT molecular complexity index is 626. The maximum Gasteiger partial charge on any atom is 0.131 e. The Morgan fingerprint density at radius 3 is 2.32 bits per heavy atom. The number of nitrogens with two attached hydrogens (primary N) is 1. The number of aryl methyl sites for hydroxylation is 2. The molecule has 0 saturated heterocycles. The van der Waals surface area contributed by atoms with Gasteiger partial charge in [0.1, 0.15) is 11.6 Å². The molecule has 2 aromatic rings. The number of hydrogen-bond acceptors (Lipinski definition) is 1. The molecule has 0 fully saturated rings. The lowest BCUT2D eigenvalue weighted by molar-refractivity contribution is 0.560. The summed E-state index contributed by atoms with van der Waals surface area (Å²) >= 11 is 5.94. The van der Waals surface area contributed by atoms with E-state index in [0.29, 0.717) is 10.6 Å². The van der Waals surface area contributed by atoms with Crippen molar-refractivity contribution in [3.8, 4) is 0 Å². The maximum absolute atomic E-state index is 13.8. The molecule has 0 bridgehead atoms. The summed E-state index contributed by atoms with van der Waals surface area (Å²) in [5.41, 5.74) is 8.37. The summed E-state index contributed by atoms with van der Waals surface area (Å²) in [4.78, 5) is 0. The first kappa shape index (κ1) is 14.0. The minimum atomic E-state index is -0.669. The molecule has 2 N–H and O–H groups in total. The van der Waals surface area contributed by atoms with Gasteiger partial charge in [0, 0.05) is 16.7 Å². The van der Waals surface area contributed by atoms with Crippen molar-refractivity contribution in [1.82, 2.24) is 0 Å². The predicted octanol–water partition coefficient (Wildman–Crippen LogP) is 4.28. The fraction of sp³-hybridized carbons (Fsp3) is 0.200. The second kappa shape index (κ2) is 5.27. The zero-order chi connectivity index (χ0) is 14.2. The molecule has 0 aliphatic rings. The van der Waals surface area contributed by atoms with Crippen molar-refractivity contribution in [2.75, 3.05) is 0 Å². The largest absolute Gasteiger partial charge is 0.320 e. The highest BCUT2D eigenvalue weighted by Gasteiger charge is 2.17. The van der Waals surface area contributed by atoms with E-state index in [0.717, 1.165) is 17.2 Å². The zero-order valence-corrected chi connectivity index (χ0v) is 11.4. The molecule has 0 aliphatic carbocycles. The van der Waals surface area contributed by atoms with Crippen LogP contribution in [0.15, 0.2) is 30.3 Å². The van der Waals surface area contributed by atoms with Gasteiger partial charge in [-0.1, -0.05) is 17.7 Å². The van der Waals surface area contributed by atoms with Gasteiger partial charge in [0.2, 0.25) is 0 Å². The molecule has 1 atom stereocenters. The minimum absolute atomic E-state index is 0.268. The van der Waals surface area contributed by atoms with Crippen LogP contribution in [-0.2, 0) is 0 Å². The maximum atomic E-state index is 13.8. The highest BCUT2D eigenvalue weighted by atomic mass is 35.5. The molecule has 100 valence electrons. The lowest BCUT2D eigenvalue weighted by atomic mass is 9.94. The Balaban J connectivity index is 2.52. The molecule has 19 heavy (non-hydrogen) atoms. The molecule has 1 unspecified atom stereocenters. The van der Waals surface area contributed by atoms with Gasteiger partial charge < -0.3 is 5.73 Å². The fourth-order valence-corrected chi connectivity index (χ4v) is 2.21. The van der Waals surface area contributed by atoms with Gasteiger partial charge in [-0.25, -0.2) is 8.78 Å². The summed E-state index contributed by atoms with van der Waals surface area (Å²) in [7, 11) is 0. The van der Waals surface area contributed by atoms with Crippen LogP contribution in [0.5, 0.6) is 0 Å². The van der Waals surface area contributed by atoms with Crippen molar-refractivity contribution in [3.63, 3.8) is 0 Å². The first-order chi connectivity index (χ1) is 8.90. The van der Waals surface area contributed by atoms with Crippen LogP contribution in [0.2, 0.25) is 5.02 Å². The average Bonchev–Trinajstić information content (AvgIpc) is 2.36. The second-order valence-electron chi connectivity index (χ2n) is 4.60. The van der Waals surface area contributed by atoms with E-state index in [-0.39, 0.29) is 5.56 Å². The number of rotatable bonds is 2. The number of halogens is 3. The highest BCUT2D eigenvalue weighted by molar-refractivity contribution is 6.30. The van der Waals surface area contributed by atoms with E-state index in [1.54, 1.807) is 19.1 Å². The van der Waals surface area contributed by atoms with Gasteiger partial charge in [-0.2, -0.15) is 0 Å². The lowest BCUT2D eigenvalue weighted by Crippen LogP contribution is -2.15. The molecule has 2 rings (SSSR count). The third-order valence-corrected chi connectivity index (χ3v) is 3.42. The summed E-state index contributed by atoms with van der Waals surface area (Å²) in [6.07, 6.45) is 0. The van der Waals surface area contributed by atoms with E-state index in [1.165, 1.54) is 6.07 Å². The Hall–Kier alpha value is -1.45. The molecular weight excluding hydrogens is 268 g/mol. The Morgan fingerprint density at radius 2 is 1.63 bits per heavy atom. The SMILES string of the molecule is Cc1cc(C(N)c2cc(Cl)ccc2C)c(F)cc1F. The molecule has 1 nitrogen and oxygen atoms in total. The van der Waals surface area contributed by atoms with Crippen LogP contribution >= 0.6 is 11.6 Å². The number of hydrogen-bond donors (Lipinski definition) is 1. The smallest absolute Gasteiger partial charge is 0.131 e. The van der Waals surface area contributed by atoms with Crippen molar-refractivity contribution < 1.29 is 8.78 Å². The number of benzene rings is 2. The third-order valence-electron chi connectivity index (χ3n) is 3.19. The van der Waals surface area contributed by atoms with E-state index in [4.69, 9.17) is 17.3 Å². The monoisotopic (exact) mass is 281 g/mol. The first-order valence-electron chi connectivity index (χ1n) is 5.87.